The van der Waals surface area contributed by atoms with Gasteiger partial charge in [-0.05, 0) is 68.8 Å². The summed E-state index contributed by atoms with van der Waals surface area (Å²) in [5.41, 5.74) is 0.0141. The standard InChI is InChI=1S/C19H26O3/c1-17-8-5-13(20)11-12(17)3-4-15-14(17)6-9-18(2)16(21)7-10-19(15,18)22/h11,14-15,22H,3-10H2,1-2H3/t14-,15+,17+,18-,19+/m0/s1. The number of ketones is 2. The first-order valence-electron chi connectivity index (χ1n) is 8.81. The summed E-state index contributed by atoms with van der Waals surface area (Å²) in [4.78, 5) is 24.2. The quantitative estimate of drug-likeness (QED) is 0.747. The topological polar surface area (TPSA) is 54.4 Å². The molecule has 0 bridgehead atoms. The van der Waals surface area contributed by atoms with Crippen LogP contribution in [0.1, 0.15) is 65.2 Å². The number of hydrogen-bond acceptors (Lipinski definition) is 3. The molecule has 120 valence electrons. The van der Waals surface area contributed by atoms with Crippen molar-refractivity contribution in [1.29, 1.82) is 0 Å². The highest BCUT2D eigenvalue weighted by Gasteiger charge is 2.66. The van der Waals surface area contributed by atoms with Crippen LogP contribution in [0.5, 0.6) is 0 Å². The SMILES string of the molecule is C[C@@]12CC[C@H]3[C@@H](CCC4=CC(=O)CC[C@]43C)[C@]1(O)CCC2=O. The van der Waals surface area contributed by atoms with Gasteiger partial charge in [0.2, 0.25) is 0 Å². The van der Waals surface area contributed by atoms with E-state index in [0.717, 1.165) is 32.1 Å². The zero-order valence-electron chi connectivity index (χ0n) is 13.7. The van der Waals surface area contributed by atoms with Crippen molar-refractivity contribution in [2.75, 3.05) is 0 Å². The molecule has 0 unspecified atom stereocenters. The molecule has 0 saturated heterocycles. The third-order valence-electron chi connectivity index (χ3n) is 7.86. The van der Waals surface area contributed by atoms with Gasteiger partial charge in [0.1, 0.15) is 5.78 Å². The number of fused-ring (bicyclic) bond motifs is 5. The van der Waals surface area contributed by atoms with E-state index in [2.05, 4.69) is 6.92 Å². The van der Waals surface area contributed by atoms with Gasteiger partial charge in [-0.1, -0.05) is 12.5 Å². The Labute approximate surface area is 132 Å². The van der Waals surface area contributed by atoms with Gasteiger partial charge in [-0.2, -0.15) is 0 Å². The van der Waals surface area contributed by atoms with Gasteiger partial charge in [-0.15, -0.1) is 0 Å². The van der Waals surface area contributed by atoms with Crippen molar-refractivity contribution in [3.63, 3.8) is 0 Å². The summed E-state index contributed by atoms with van der Waals surface area (Å²) in [6, 6.07) is 0. The number of allylic oxidation sites excluding steroid dienone is 1. The molecule has 0 aromatic rings. The first-order valence-corrected chi connectivity index (χ1v) is 8.81. The maximum absolute atomic E-state index is 12.4. The Hall–Kier alpha value is -0.960. The van der Waals surface area contributed by atoms with E-state index < -0.39 is 11.0 Å². The first-order chi connectivity index (χ1) is 10.3. The van der Waals surface area contributed by atoms with Crippen LogP contribution in [-0.4, -0.2) is 22.3 Å². The second-order valence-corrected chi connectivity index (χ2v) is 8.52. The highest BCUT2D eigenvalue weighted by atomic mass is 16.3. The highest BCUT2D eigenvalue weighted by molar-refractivity contribution is 5.92. The van der Waals surface area contributed by atoms with Crippen LogP contribution >= 0.6 is 0 Å². The largest absolute Gasteiger partial charge is 0.389 e. The van der Waals surface area contributed by atoms with E-state index in [0.29, 0.717) is 25.2 Å². The molecule has 0 spiro atoms. The van der Waals surface area contributed by atoms with E-state index in [1.165, 1.54) is 5.57 Å². The normalized spacial score (nSPS) is 51.0. The molecule has 5 atom stereocenters. The third-order valence-corrected chi connectivity index (χ3v) is 7.86. The molecule has 22 heavy (non-hydrogen) atoms. The zero-order valence-corrected chi connectivity index (χ0v) is 13.7. The van der Waals surface area contributed by atoms with Crippen LogP contribution in [0, 0.1) is 22.7 Å². The molecule has 3 fully saturated rings. The number of hydrogen-bond donors (Lipinski definition) is 1. The Morgan fingerprint density at radius 1 is 1.00 bits per heavy atom. The number of carbonyl (C=O) groups is 2. The summed E-state index contributed by atoms with van der Waals surface area (Å²) < 4.78 is 0. The van der Waals surface area contributed by atoms with E-state index in [1.54, 1.807) is 0 Å². The van der Waals surface area contributed by atoms with Crippen LogP contribution in [-0.2, 0) is 9.59 Å². The number of rotatable bonds is 0. The van der Waals surface area contributed by atoms with Crippen LogP contribution < -0.4 is 0 Å². The fraction of sp³-hybridized carbons (Fsp3) is 0.789. The predicted molar refractivity (Wildman–Crippen MR) is 83.2 cm³/mol. The Morgan fingerprint density at radius 3 is 2.55 bits per heavy atom. The van der Waals surface area contributed by atoms with E-state index >= 15 is 0 Å². The summed E-state index contributed by atoms with van der Waals surface area (Å²) in [6.07, 6.45) is 8.27. The lowest BCUT2D eigenvalue weighted by Crippen LogP contribution is -2.60. The van der Waals surface area contributed by atoms with Crippen LogP contribution in [0.3, 0.4) is 0 Å². The van der Waals surface area contributed by atoms with E-state index in [1.807, 2.05) is 13.0 Å². The molecular weight excluding hydrogens is 276 g/mol. The molecule has 3 nitrogen and oxygen atoms in total. The lowest BCUT2D eigenvalue weighted by Gasteiger charge is -2.60. The molecular formula is C19H26O3. The number of Topliss-reactive ketones (excluding diaryl/α,β-unsaturated/α-hetero) is 1. The lowest BCUT2D eigenvalue weighted by atomic mass is 9.46. The average molecular weight is 302 g/mol. The average Bonchev–Trinajstić information content (AvgIpc) is 2.72. The van der Waals surface area contributed by atoms with Crippen molar-refractivity contribution in [2.24, 2.45) is 22.7 Å². The Morgan fingerprint density at radius 2 is 1.77 bits per heavy atom. The van der Waals surface area contributed by atoms with Gasteiger partial charge in [-0.3, -0.25) is 9.59 Å². The molecule has 0 aromatic carbocycles. The minimum Gasteiger partial charge on any atom is -0.389 e. The molecule has 0 aromatic heterocycles. The maximum Gasteiger partial charge on any atom is 0.155 e. The molecule has 0 radical (unpaired) electrons. The number of carbonyl (C=O) groups excluding carboxylic acids is 2. The molecule has 4 aliphatic rings. The molecule has 3 heteroatoms. The van der Waals surface area contributed by atoms with Crippen molar-refractivity contribution in [3.8, 4) is 0 Å². The fourth-order valence-electron chi connectivity index (χ4n) is 6.30. The summed E-state index contributed by atoms with van der Waals surface area (Å²) in [5.74, 6) is 1.16. The van der Waals surface area contributed by atoms with E-state index in [-0.39, 0.29) is 22.9 Å². The summed E-state index contributed by atoms with van der Waals surface area (Å²) in [7, 11) is 0. The van der Waals surface area contributed by atoms with Crippen LogP contribution in [0.15, 0.2) is 11.6 Å². The van der Waals surface area contributed by atoms with E-state index in [9.17, 15) is 14.7 Å². The number of aliphatic hydroxyl groups is 1. The highest BCUT2D eigenvalue weighted by Crippen LogP contribution is 2.65. The van der Waals surface area contributed by atoms with Crippen molar-refractivity contribution in [1.82, 2.24) is 0 Å². The maximum atomic E-state index is 12.4. The van der Waals surface area contributed by atoms with Crippen LogP contribution in [0.2, 0.25) is 0 Å². The Kier molecular flexibility index (Phi) is 2.87. The van der Waals surface area contributed by atoms with Crippen LogP contribution in [0.25, 0.3) is 0 Å². The molecule has 4 rings (SSSR count). The first kappa shape index (κ1) is 14.6. The van der Waals surface area contributed by atoms with Crippen molar-refractivity contribution >= 4 is 11.6 Å². The molecule has 0 amide bonds. The lowest BCUT2D eigenvalue weighted by molar-refractivity contribution is -0.178. The molecule has 0 aliphatic heterocycles. The molecule has 4 aliphatic carbocycles. The van der Waals surface area contributed by atoms with Gasteiger partial charge in [0, 0.05) is 12.8 Å². The Balaban J connectivity index is 1.76. The third kappa shape index (κ3) is 1.56. The van der Waals surface area contributed by atoms with Gasteiger partial charge in [0.15, 0.2) is 5.78 Å². The van der Waals surface area contributed by atoms with Crippen molar-refractivity contribution < 1.29 is 14.7 Å². The second-order valence-electron chi connectivity index (χ2n) is 8.52. The van der Waals surface area contributed by atoms with Gasteiger partial charge >= 0.3 is 0 Å². The van der Waals surface area contributed by atoms with Crippen molar-refractivity contribution in [2.45, 2.75) is 70.8 Å². The van der Waals surface area contributed by atoms with Gasteiger partial charge in [0.25, 0.3) is 0 Å². The van der Waals surface area contributed by atoms with E-state index in [4.69, 9.17) is 0 Å². The van der Waals surface area contributed by atoms with Crippen molar-refractivity contribution in [3.05, 3.63) is 11.6 Å². The zero-order chi connectivity index (χ0) is 15.8. The monoisotopic (exact) mass is 302 g/mol. The predicted octanol–water partition coefficient (Wildman–Crippen LogP) is 3.20. The molecule has 0 heterocycles. The summed E-state index contributed by atoms with van der Waals surface area (Å²) in [5, 5.41) is 11.5. The summed E-state index contributed by atoms with van der Waals surface area (Å²) >= 11 is 0. The minimum absolute atomic E-state index is 0.0551. The van der Waals surface area contributed by atoms with Gasteiger partial charge < -0.3 is 5.11 Å². The summed E-state index contributed by atoms with van der Waals surface area (Å²) in [6.45, 7) is 4.29. The van der Waals surface area contributed by atoms with Gasteiger partial charge in [0.05, 0.1) is 11.0 Å². The fourth-order valence-corrected chi connectivity index (χ4v) is 6.30. The van der Waals surface area contributed by atoms with Crippen LogP contribution in [0.4, 0.5) is 0 Å². The molecule has 1 N–H and O–H groups in total. The smallest absolute Gasteiger partial charge is 0.155 e. The minimum atomic E-state index is -0.816. The van der Waals surface area contributed by atoms with Gasteiger partial charge in [-0.25, -0.2) is 0 Å². The Bertz CT molecular complexity index is 591. The molecule has 3 saturated carbocycles. The second kappa shape index (κ2) is 4.31.